The number of unbranched alkanes of at least 4 members (excludes halogenated alkanes) is 1. The number of nitrogens with zero attached hydrogens (tertiary/aromatic N) is 1. The summed E-state index contributed by atoms with van der Waals surface area (Å²) in [4.78, 5) is 37.1. The van der Waals surface area contributed by atoms with E-state index in [1.807, 2.05) is 0 Å². The fraction of sp³-hybridized carbons (Fsp3) is 0.389. The number of carbonyl (C=O) groups is 3. The molecule has 1 aromatic rings. The van der Waals surface area contributed by atoms with E-state index in [2.05, 4.69) is 17.2 Å². The van der Waals surface area contributed by atoms with Gasteiger partial charge in [-0.15, -0.1) is 0 Å². The Hall–Kier alpha value is -2.85. The van der Waals surface area contributed by atoms with Gasteiger partial charge < -0.3 is 21.1 Å². The van der Waals surface area contributed by atoms with Gasteiger partial charge in [-0.2, -0.15) is 0 Å². The van der Waals surface area contributed by atoms with Crippen LogP contribution in [0.1, 0.15) is 41.6 Å². The summed E-state index contributed by atoms with van der Waals surface area (Å²) < 4.78 is 0. The maximum Gasteiger partial charge on any atom is 0.303 e. The van der Waals surface area contributed by atoms with Crippen LogP contribution >= 0.6 is 0 Å². The van der Waals surface area contributed by atoms with Crippen LogP contribution in [0.2, 0.25) is 0 Å². The summed E-state index contributed by atoms with van der Waals surface area (Å²) in [7, 11) is 1.57. The van der Waals surface area contributed by atoms with Crippen LogP contribution < -0.4 is 16.0 Å². The molecule has 2 amide bonds. The summed E-state index contributed by atoms with van der Waals surface area (Å²) in [5, 5.41) is 11.4. The highest BCUT2D eigenvalue weighted by Gasteiger charge is 2.32. The molecule has 7 heteroatoms. The molecule has 0 aromatic heterocycles. The number of fused-ring (bicyclic) bond motifs is 1. The van der Waals surface area contributed by atoms with Crippen LogP contribution in [0.3, 0.4) is 0 Å². The number of aliphatic carboxylic acids is 1. The van der Waals surface area contributed by atoms with E-state index >= 15 is 0 Å². The predicted molar refractivity (Wildman–Crippen MR) is 93.1 cm³/mol. The Morgan fingerprint density at radius 1 is 1.40 bits per heavy atom. The molecule has 0 saturated heterocycles. The summed E-state index contributed by atoms with van der Waals surface area (Å²) in [5.74, 6) is 4.22. The molecular formula is C18H21N3O4. The zero-order valence-corrected chi connectivity index (χ0v) is 14.0. The maximum atomic E-state index is 12.5. The molecule has 4 N–H and O–H groups in total. The van der Waals surface area contributed by atoms with Gasteiger partial charge in [0.1, 0.15) is 6.04 Å². The van der Waals surface area contributed by atoms with Crippen LogP contribution in [0.4, 0.5) is 5.69 Å². The minimum absolute atomic E-state index is 0.0456. The van der Waals surface area contributed by atoms with E-state index in [-0.39, 0.29) is 18.7 Å². The van der Waals surface area contributed by atoms with Gasteiger partial charge in [-0.25, -0.2) is 0 Å². The predicted octanol–water partition coefficient (Wildman–Crippen LogP) is 0.717. The second-order valence-electron chi connectivity index (χ2n) is 5.78. The number of carboxylic acid groups (broad SMARTS) is 1. The molecule has 1 heterocycles. The Kier molecular flexibility index (Phi) is 6.14. The lowest BCUT2D eigenvalue weighted by atomic mass is 10.1. The first-order valence-electron chi connectivity index (χ1n) is 8.07. The minimum atomic E-state index is -1.01. The Balaban J connectivity index is 2.27. The van der Waals surface area contributed by atoms with Gasteiger partial charge in [0.05, 0.1) is 11.3 Å². The number of rotatable bonds is 5. The molecule has 7 nitrogen and oxygen atoms in total. The number of anilines is 1. The van der Waals surface area contributed by atoms with E-state index in [9.17, 15) is 14.4 Å². The normalized spacial score (nSPS) is 16.4. The molecule has 0 aliphatic carbocycles. The van der Waals surface area contributed by atoms with Gasteiger partial charge in [-0.1, -0.05) is 11.8 Å². The number of hydrogen-bond acceptors (Lipinski definition) is 4. The fourth-order valence-electron chi connectivity index (χ4n) is 2.56. The Morgan fingerprint density at radius 2 is 2.16 bits per heavy atom. The number of hydrogen-bond donors (Lipinski definition) is 3. The summed E-state index contributed by atoms with van der Waals surface area (Å²) in [6.07, 6.45) is 1.33. The molecule has 132 valence electrons. The van der Waals surface area contributed by atoms with Gasteiger partial charge in [0.2, 0.25) is 5.91 Å². The zero-order valence-electron chi connectivity index (χ0n) is 14.0. The minimum Gasteiger partial charge on any atom is -0.481 e. The first kappa shape index (κ1) is 18.5. The molecule has 25 heavy (non-hydrogen) atoms. The molecule has 0 fully saturated rings. The highest BCUT2D eigenvalue weighted by Crippen LogP contribution is 2.25. The van der Waals surface area contributed by atoms with Gasteiger partial charge in [-0.05, 0) is 37.6 Å². The lowest BCUT2D eigenvalue weighted by Crippen LogP contribution is -2.44. The van der Waals surface area contributed by atoms with E-state index < -0.39 is 17.9 Å². The van der Waals surface area contributed by atoms with Crippen LogP contribution in [-0.4, -0.2) is 42.5 Å². The number of carbonyl (C=O) groups excluding carboxylic acids is 2. The quantitative estimate of drug-likeness (QED) is 0.538. The van der Waals surface area contributed by atoms with Gasteiger partial charge in [0, 0.05) is 25.5 Å². The monoisotopic (exact) mass is 343 g/mol. The Morgan fingerprint density at radius 3 is 2.84 bits per heavy atom. The van der Waals surface area contributed by atoms with Crippen molar-refractivity contribution in [1.82, 2.24) is 5.32 Å². The number of nitrogens with two attached hydrogens (primary N) is 1. The lowest BCUT2D eigenvalue weighted by molar-refractivity contribution is -0.137. The number of nitrogens with one attached hydrogen (secondary N) is 1. The largest absolute Gasteiger partial charge is 0.481 e. The highest BCUT2D eigenvalue weighted by molar-refractivity contribution is 6.11. The van der Waals surface area contributed by atoms with Crippen molar-refractivity contribution in [2.24, 2.45) is 5.73 Å². The highest BCUT2D eigenvalue weighted by atomic mass is 16.4. The molecule has 2 rings (SSSR count). The van der Waals surface area contributed by atoms with Gasteiger partial charge in [0.15, 0.2) is 0 Å². The number of amides is 2. The maximum absolute atomic E-state index is 12.5. The molecule has 1 aliphatic rings. The Bertz CT molecular complexity index is 748. The van der Waals surface area contributed by atoms with E-state index in [1.54, 1.807) is 25.2 Å². The van der Waals surface area contributed by atoms with Crippen LogP contribution in [0.5, 0.6) is 0 Å². The SMILES string of the molecule is CN1C(=O)C(CCC(=O)O)NC(=O)c2cc(C#CCCCN)ccc21. The average Bonchev–Trinajstić information content (AvgIpc) is 2.68. The van der Waals surface area contributed by atoms with Gasteiger partial charge >= 0.3 is 5.97 Å². The van der Waals surface area contributed by atoms with Crippen molar-refractivity contribution in [3.05, 3.63) is 29.3 Å². The van der Waals surface area contributed by atoms with Crippen LogP contribution in [0.15, 0.2) is 18.2 Å². The summed E-state index contributed by atoms with van der Waals surface area (Å²) in [5.41, 5.74) is 6.93. The topological polar surface area (TPSA) is 113 Å². The van der Waals surface area contributed by atoms with Crippen molar-refractivity contribution < 1.29 is 19.5 Å². The molecule has 1 atom stereocenters. The van der Waals surface area contributed by atoms with Crippen molar-refractivity contribution >= 4 is 23.5 Å². The lowest BCUT2D eigenvalue weighted by Gasteiger charge is -2.20. The molecule has 1 aliphatic heterocycles. The molecule has 1 aromatic carbocycles. The first-order valence-corrected chi connectivity index (χ1v) is 8.07. The van der Waals surface area contributed by atoms with Crippen molar-refractivity contribution in [2.45, 2.75) is 31.7 Å². The van der Waals surface area contributed by atoms with Crippen LogP contribution in [0.25, 0.3) is 0 Å². The molecule has 0 radical (unpaired) electrons. The summed E-state index contributed by atoms with van der Waals surface area (Å²) in [6.45, 7) is 0.575. The summed E-state index contributed by atoms with van der Waals surface area (Å²) >= 11 is 0. The first-order chi connectivity index (χ1) is 11.9. The third-order valence-electron chi connectivity index (χ3n) is 3.92. The standard InChI is InChI=1S/C18H21N3O4/c1-21-15-8-6-12(5-3-2-4-10-19)11-13(15)17(24)20-14(18(21)25)7-9-16(22)23/h6,8,11,14H,2,4,7,9-10,19H2,1H3,(H,20,24)(H,22,23). The number of likely N-dealkylation sites (N-methyl/N-ethyl adjacent to an activating group) is 1. The molecule has 0 bridgehead atoms. The molecule has 0 spiro atoms. The van der Waals surface area contributed by atoms with Crippen molar-refractivity contribution in [2.75, 3.05) is 18.5 Å². The van der Waals surface area contributed by atoms with E-state index in [4.69, 9.17) is 10.8 Å². The van der Waals surface area contributed by atoms with Crippen molar-refractivity contribution in [1.29, 1.82) is 0 Å². The third-order valence-corrected chi connectivity index (χ3v) is 3.92. The van der Waals surface area contributed by atoms with Gasteiger partial charge in [0.25, 0.3) is 5.91 Å². The summed E-state index contributed by atoms with van der Waals surface area (Å²) in [6, 6.07) is 4.21. The van der Waals surface area contributed by atoms with Crippen molar-refractivity contribution in [3.8, 4) is 11.8 Å². The van der Waals surface area contributed by atoms with E-state index in [0.717, 1.165) is 6.42 Å². The van der Waals surface area contributed by atoms with Crippen LogP contribution in [-0.2, 0) is 9.59 Å². The zero-order chi connectivity index (χ0) is 18.4. The molecular weight excluding hydrogens is 322 g/mol. The fourth-order valence-corrected chi connectivity index (χ4v) is 2.56. The Labute approximate surface area is 146 Å². The second-order valence-corrected chi connectivity index (χ2v) is 5.78. The average molecular weight is 343 g/mol. The molecule has 0 saturated carbocycles. The van der Waals surface area contributed by atoms with Gasteiger partial charge in [-0.3, -0.25) is 14.4 Å². The smallest absolute Gasteiger partial charge is 0.303 e. The third kappa shape index (κ3) is 4.58. The second kappa shape index (κ2) is 8.31. The molecule has 1 unspecified atom stereocenters. The number of carboxylic acids is 1. The van der Waals surface area contributed by atoms with E-state index in [1.165, 1.54) is 4.90 Å². The van der Waals surface area contributed by atoms with Crippen molar-refractivity contribution in [3.63, 3.8) is 0 Å². The van der Waals surface area contributed by atoms with E-state index in [0.29, 0.717) is 29.8 Å². The number of benzene rings is 1. The van der Waals surface area contributed by atoms with Crippen LogP contribution in [0, 0.1) is 11.8 Å².